The normalized spacial score (nSPS) is 11.3. The fourth-order valence-corrected chi connectivity index (χ4v) is 3.50. The number of aromatic nitrogens is 1. The number of nitrogens with one attached hydrogen (secondary N) is 1. The van der Waals surface area contributed by atoms with E-state index < -0.39 is 15.9 Å². The SMILES string of the molecule is Cc1cccc(-c2nc(C(N)=O)c(NS(C)(=O)=O)s2)c1. The Hall–Kier alpha value is -1.93. The van der Waals surface area contributed by atoms with E-state index >= 15 is 0 Å². The molecule has 0 radical (unpaired) electrons. The maximum absolute atomic E-state index is 11.4. The third-order valence-corrected chi connectivity index (χ3v) is 4.13. The smallest absolute Gasteiger partial charge is 0.270 e. The van der Waals surface area contributed by atoms with Crippen LogP contribution in [0.15, 0.2) is 24.3 Å². The van der Waals surface area contributed by atoms with Crippen LogP contribution in [-0.2, 0) is 10.0 Å². The van der Waals surface area contributed by atoms with E-state index in [1.54, 1.807) is 0 Å². The molecule has 1 aromatic carbocycles. The van der Waals surface area contributed by atoms with Crippen LogP contribution in [0.2, 0.25) is 0 Å². The Morgan fingerprint density at radius 1 is 1.40 bits per heavy atom. The van der Waals surface area contributed by atoms with Crippen LogP contribution < -0.4 is 10.5 Å². The van der Waals surface area contributed by atoms with Crippen molar-refractivity contribution in [1.29, 1.82) is 0 Å². The largest absolute Gasteiger partial charge is 0.364 e. The molecule has 6 nitrogen and oxygen atoms in total. The van der Waals surface area contributed by atoms with Crippen molar-refractivity contribution in [3.05, 3.63) is 35.5 Å². The number of hydrogen-bond acceptors (Lipinski definition) is 5. The summed E-state index contributed by atoms with van der Waals surface area (Å²) < 4.78 is 24.8. The number of aryl methyl sites for hydroxylation is 1. The lowest BCUT2D eigenvalue weighted by Gasteiger charge is -2.00. The van der Waals surface area contributed by atoms with Crippen LogP contribution in [0.25, 0.3) is 10.6 Å². The lowest BCUT2D eigenvalue weighted by atomic mass is 10.1. The first-order valence-corrected chi connectivity index (χ1v) is 8.32. The van der Waals surface area contributed by atoms with E-state index in [1.807, 2.05) is 31.2 Å². The zero-order chi connectivity index (χ0) is 14.9. The van der Waals surface area contributed by atoms with E-state index in [-0.39, 0.29) is 10.7 Å². The van der Waals surface area contributed by atoms with Gasteiger partial charge in [0.25, 0.3) is 5.91 Å². The van der Waals surface area contributed by atoms with Crippen molar-refractivity contribution in [2.45, 2.75) is 6.92 Å². The number of nitrogens with two attached hydrogens (primary N) is 1. The highest BCUT2D eigenvalue weighted by molar-refractivity contribution is 7.92. The molecule has 1 heterocycles. The third-order valence-electron chi connectivity index (χ3n) is 2.40. The molecule has 0 bridgehead atoms. The van der Waals surface area contributed by atoms with Gasteiger partial charge >= 0.3 is 0 Å². The molecule has 106 valence electrons. The standard InChI is InChI=1S/C12H13N3O3S2/c1-7-4-3-5-8(6-7)11-14-9(10(13)16)12(19-11)15-20(2,17)18/h3-6,15H,1-2H3,(H2,13,16). The van der Waals surface area contributed by atoms with Gasteiger partial charge in [-0.25, -0.2) is 13.4 Å². The van der Waals surface area contributed by atoms with E-state index in [4.69, 9.17) is 5.73 Å². The lowest BCUT2D eigenvalue weighted by molar-refractivity contribution is 0.0997. The minimum atomic E-state index is -3.50. The van der Waals surface area contributed by atoms with Crippen molar-refractivity contribution in [3.63, 3.8) is 0 Å². The molecule has 0 spiro atoms. The van der Waals surface area contributed by atoms with E-state index in [9.17, 15) is 13.2 Å². The summed E-state index contributed by atoms with van der Waals surface area (Å²) in [4.78, 5) is 15.5. The second-order valence-corrected chi connectivity index (χ2v) is 7.05. The van der Waals surface area contributed by atoms with Crippen LogP contribution in [0.5, 0.6) is 0 Å². The zero-order valence-electron chi connectivity index (χ0n) is 10.9. The number of hydrogen-bond donors (Lipinski definition) is 2. The summed E-state index contributed by atoms with van der Waals surface area (Å²) in [5.74, 6) is -0.772. The van der Waals surface area contributed by atoms with Crippen LogP contribution in [0.4, 0.5) is 5.00 Å². The first-order valence-electron chi connectivity index (χ1n) is 5.62. The molecule has 2 aromatic rings. The Labute approximate surface area is 120 Å². The Morgan fingerprint density at radius 2 is 2.10 bits per heavy atom. The van der Waals surface area contributed by atoms with Gasteiger partial charge in [-0.3, -0.25) is 9.52 Å². The predicted molar refractivity (Wildman–Crippen MR) is 79.3 cm³/mol. The highest BCUT2D eigenvalue weighted by Crippen LogP contribution is 2.32. The lowest BCUT2D eigenvalue weighted by Crippen LogP contribution is -2.16. The monoisotopic (exact) mass is 311 g/mol. The average Bonchev–Trinajstić information content (AvgIpc) is 2.70. The summed E-state index contributed by atoms with van der Waals surface area (Å²) in [5.41, 5.74) is 7.00. The van der Waals surface area contributed by atoms with Crippen molar-refractivity contribution in [2.75, 3.05) is 11.0 Å². The number of anilines is 1. The van der Waals surface area contributed by atoms with E-state index in [2.05, 4.69) is 9.71 Å². The first-order chi connectivity index (χ1) is 9.26. The van der Waals surface area contributed by atoms with Crippen molar-refractivity contribution >= 4 is 32.3 Å². The summed E-state index contributed by atoms with van der Waals surface area (Å²) in [6, 6.07) is 7.52. The van der Waals surface area contributed by atoms with Gasteiger partial charge in [0.1, 0.15) is 10.0 Å². The second kappa shape index (κ2) is 5.22. The number of nitrogens with zero attached hydrogens (tertiary/aromatic N) is 1. The van der Waals surface area contributed by atoms with Gasteiger partial charge in [-0.2, -0.15) is 0 Å². The number of primary amides is 1. The van der Waals surface area contributed by atoms with Crippen LogP contribution >= 0.6 is 11.3 Å². The van der Waals surface area contributed by atoms with Crippen molar-refractivity contribution in [1.82, 2.24) is 4.98 Å². The van der Waals surface area contributed by atoms with Gasteiger partial charge in [-0.1, -0.05) is 35.1 Å². The molecule has 20 heavy (non-hydrogen) atoms. The van der Waals surface area contributed by atoms with Gasteiger partial charge in [0.05, 0.1) is 6.26 Å². The maximum Gasteiger partial charge on any atom is 0.270 e. The molecule has 2 rings (SSSR count). The second-order valence-electron chi connectivity index (χ2n) is 4.30. The molecular formula is C12H13N3O3S2. The Bertz CT molecular complexity index is 766. The third kappa shape index (κ3) is 3.34. The van der Waals surface area contributed by atoms with E-state index in [0.717, 1.165) is 28.7 Å². The Morgan fingerprint density at radius 3 is 2.65 bits per heavy atom. The van der Waals surface area contributed by atoms with Crippen molar-refractivity contribution in [2.24, 2.45) is 5.73 Å². The minimum Gasteiger partial charge on any atom is -0.364 e. The van der Waals surface area contributed by atoms with E-state index in [1.165, 1.54) is 0 Å². The molecule has 0 saturated heterocycles. The van der Waals surface area contributed by atoms with Crippen LogP contribution in [0.3, 0.4) is 0 Å². The molecule has 0 aliphatic rings. The van der Waals surface area contributed by atoms with Crippen LogP contribution in [-0.4, -0.2) is 25.6 Å². The highest BCUT2D eigenvalue weighted by Gasteiger charge is 2.19. The predicted octanol–water partition coefficient (Wildman–Crippen LogP) is 1.59. The van der Waals surface area contributed by atoms with Gasteiger partial charge in [-0.15, -0.1) is 0 Å². The summed E-state index contributed by atoms with van der Waals surface area (Å²) >= 11 is 1.07. The molecule has 3 N–H and O–H groups in total. The number of amides is 1. The minimum absolute atomic E-state index is 0.0723. The quantitative estimate of drug-likeness (QED) is 0.895. The molecule has 0 aliphatic carbocycles. The fraction of sp³-hybridized carbons (Fsp3) is 0.167. The van der Waals surface area contributed by atoms with Crippen LogP contribution in [0.1, 0.15) is 16.1 Å². The summed E-state index contributed by atoms with van der Waals surface area (Å²) in [6.07, 6.45) is 1.00. The van der Waals surface area contributed by atoms with Gasteiger partial charge < -0.3 is 5.73 Å². The maximum atomic E-state index is 11.4. The molecule has 0 fully saturated rings. The summed E-state index contributed by atoms with van der Waals surface area (Å²) in [7, 11) is -3.50. The summed E-state index contributed by atoms with van der Waals surface area (Å²) in [6.45, 7) is 1.93. The fourth-order valence-electron chi connectivity index (χ4n) is 1.63. The highest BCUT2D eigenvalue weighted by atomic mass is 32.2. The van der Waals surface area contributed by atoms with Crippen molar-refractivity contribution < 1.29 is 13.2 Å². The number of carbonyl (C=O) groups excluding carboxylic acids is 1. The topological polar surface area (TPSA) is 102 Å². The van der Waals surface area contributed by atoms with Gasteiger partial charge in [0.15, 0.2) is 5.69 Å². The molecule has 8 heteroatoms. The molecular weight excluding hydrogens is 298 g/mol. The van der Waals surface area contributed by atoms with Crippen molar-refractivity contribution in [3.8, 4) is 10.6 Å². The molecule has 0 aliphatic heterocycles. The molecule has 0 saturated carbocycles. The first kappa shape index (κ1) is 14.5. The van der Waals surface area contributed by atoms with Gasteiger partial charge in [-0.05, 0) is 13.0 Å². The van der Waals surface area contributed by atoms with Gasteiger partial charge in [0.2, 0.25) is 10.0 Å². The number of benzene rings is 1. The number of sulfonamides is 1. The van der Waals surface area contributed by atoms with Gasteiger partial charge in [0, 0.05) is 5.56 Å². The molecule has 0 atom stereocenters. The van der Waals surface area contributed by atoms with E-state index in [0.29, 0.717) is 5.01 Å². The molecule has 1 aromatic heterocycles. The Kier molecular flexibility index (Phi) is 3.78. The molecule has 0 unspecified atom stereocenters. The average molecular weight is 311 g/mol. The zero-order valence-corrected chi connectivity index (χ0v) is 12.5. The summed E-state index contributed by atoms with van der Waals surface area (Å²) in [5, 5.41) is 0.671. The van der Waals surface area contributed by atoms with Crippen LogP contribution in [0, 0.1) is 6.92 Å². The number of thiazole rings is 1. The molecule has 1 amide bonds. The number of carbonyl (C=O) groups is 1. The number of rotatable bonds is 4. The Balaban J connectivity index is 2.52.